The topological polar surface area (TPSA) is 107 Å². The van der Waals surface area contributed by atoms with Gasteiger partial charge in [-0.2, -0.15) is 5.26 Å². The van der Waals surface area contributed by atoms with Crippen molar-refractivity contribution in [2.24, 2.45) is 0 Å². The molecular weight excluding hydrogens is 314 g/mol. The van der Waals surface area contributed by atoms with Crippen LogP contribution in [0.2, 0.25) is 0 Å². The predicted molar refractivity (Wildman–Crippen MR) is 84.4 cm³/mol. The van der Waals surface area contributed by atoms with E-state index in [0.717, 1.165) is 0 Å². The van der Waals surface area contributed by atoms with Gasteiger partial charge in [-0.15, -0.1) is 0 Å². The molecule has 0 fully saturated rings. The molecule has 0 spiro atoms. The molecule has 0 unspecified atom stereocenters. The molecule has 2 aromatic rings. The van der Waals surface area contributed by atoms with Crippen molar-refractivity contribution in [3.05, 3.63) is 52.1 Å². The summed E-state index contributed by atoms with van der Waals surface area (Å²) in [5.41, 5.74) is 0.623. The van der Waals surface area contributed by atoms with Crippen LogP contribution in [-0.4, -0.2) is 24.9 Å². The number of ether oxygens (including phenoxy) is 3. The van der Waals surface area contributed by atoms with Crippen molar-refractivity contribution in [1.82, 2.24) is 0 Å². The summed E-state index contributed by atoms with van der Waals surface area (Å²) in [6.07, 6.45) is 0. The molecule has 0 amide bonds. The van der Waals surface area contributed by atoms with Crippen LogP contribution in [0.5, 0.6) is 17.2 Å². The third-order valence-corrected chi connectivity index (χ3v) is 3.36. The summed E-state index contributed by atoms with van der Waals surface area (Å²) in [7, 11) is 0. The number of hydrogen-bond donors (Lipinski definition) is 1. The molecule has 0 atom stereocenters. The second-order valence-corrected chi connectivity index (χ2v) is 4.89. The lowest BCUT2D eigenvalue weighted by Crippen LogP contribution is -2.12. The molecule has 0 saturated heterocycles. The number of nitrogens with zero attached hydrogens (tertiary/aromatic N) is 2. The van der Waals surface area contributed by atoms with Crippen molar-refractivity contribution in [3.63, 3.8) is 0 Å². The van der Waals surface area contributed by atoms with Gasteiger partial charge in [-0.05, 0) is 18.2 Å². The highest BCUT2D eigenvalue weighted by atomic mass is 16.7. The van der Waals surface area contributed by atoms with E-state index < -0.39 is 4.92 Å². The molecule has 1 aliphatic heterocycles. The molecule has 122 valence electrons. The summed E-state index contributed by atoms with van der Waals surface area (Å²) in [6, 6.07) is 11.3. The van der Waals surface area contributed by atoms with Gasteiger partial charge in [0.25, 0.3) is 5.69 Å². The summed E-state index contributed by atoms with van der Waals surface area (Å²) in [6.45, 7) is 0.986. The Balaban J connectivity index is 1.55. The quantitative estimate of drug-likeness (QED) is 0.494. The SMILES string of the molecule is N#Cc1cc([N+](=O)[O-])ccc1NCCOc1ccc2c(c1)OCO2. The molecule has 0 aliphatic carbocycles. The second kappa shape index (κ2) is 6.75. The summed E-state index contributed by atoms with van der Waals surface area (Å²) in [5.74, 6) is 1.97. The largest absolute Gasteiger partial charge is 0.492 e. The number of nitro benzene ring substituents is 1. The molecule has 0 saturated carbocycles. The van der Waals surface area contributed by atoms with Gasteiger partial charge < -0.3 is 19.5 Å². The molecule has 2 aromatic carbocycles. The second-order valence-electron chi connectivity index (χ2n) is 4.89. The molecule has 3 rings (SSSR count). The van der Waals surface area contributed by atoms with E-state index in [0.29, 0.717) is 36.1 Å². The van der Waals surface area contributed by atoms with Crippen LogP contribution in [0.1, 0.15) is 5.56 Å². The highest BCUT2D eigenvalue weighted by Crippen LogP contribution is 2.35. The van der Waals surface area contributed by atoms with E-state index in [9.17, 15) is 10.1 Å². The number of benzene rings is 2. The van der Waals surface area contributed by atoms with Crippen molar-refractivity contribution in [2.75, 3.05) is 25.3 Å². The smallest absolute Gasteiger partial charge is 0.270 e. The van der Waals surface area contributed by atoms with Crippen molar-refractivity contribution in [2.45, 2.75) is 0 Å². The number of hydrogen-bond acceptors (Lipinski definition) is 7. The van der Waals surface area contributed by atoms with Gasteiger partial charge in [0.1, 0.15) is 18.4 Å². The molecule has 1 aliphatic rings. The van der Waals surface area contributed by atoms with E-state index in [1.165, 1.54) is 18.2 Å². The Morgan fingerprint density at radius 1 is 1.25 bits per heavy atom. The van der Waals surface area contributed by atoms with Gasteiger partial charge in [-0.1, -0.05) is 0 Å². The lowest BCUT2D eigenvalue weighted by molar-refractivity contribution is -0.384. The number of non-ortho nitro benzene ring substituents is 1. The molecule has 24 heavy (non-hydrogen) atoms. The van der Waals surface area contributed by atoms with E-state index in [1.807, 2.05) is 6.07 Å². The molecule has 8 heteroatoms. The highest BCUT2D eigenvalue weighted by Gasteiger charge is 2.14. The number of fused-ring (bicyclic) bond motifs is 1. The number of nitrogens with one attached hydrogen (secondary N) is 1. The third kappa shape index (κ3) is 3.30. The fourth-order valence-electron chi connectivity index (χ4n) is 2.21. The number of rotatable bonds is 6. The maximum Gasteiger partial charge on any atom is 0.270 e. The van der Waals surface area contributed by atoms with Gasteiger partial charge in [0.15, 0.2) is 11.5 Å². The van der Waals surface area contributed by atoms with E-state index in [-0.39, 0.29) is 18.0 Å². The van der Waals surface area contributed by atoms with E-state index >= 15 is 0 Å². The predicted octanol–water partition coefficient (Wildman–Crippen LogP) is 2.69. The van der Waals surface area contributed by atoms with Crippen LogP contribution in [0.15, 0.2) is 36.4 Å². The zero-order valence-corrected chi connectivity index (χ0v) is 12.5. The minimum Gasteiger partial charge on any atom is -0.492 e. The van der Waals surface area contributed by atoms with Crippen molar-refractivity contribution < 1.29 is 19.1 Å². The maximum absolute atomic E-state index is 10.7. The minimum absolute atomic E-state index is 0.117. The Morgan fingerprint density at radius 3 is 2.88 bits per heavy atom. The molecule has 1 N–H and O–H groups in total. The Hall–Kier alpha value is -3.47. The van der Waals surface area contributed by atoms with E-state index in [4.69, 9.17) is 19.5 Å². The first-order chi connectivity index (χ1) is 11.7. The van der Waals surface area contributed by atoms with Gasteiger partial charge >= 0.3 is 0 Å². The zero-order chi connectivity index (χ0) is 16.9. The van der Waals surface area contributed by atoms with Crippen LogP contribution in [0.4, 0.5) is 11.4 Å². The third-order valence-electron chi connectivity index (χ3n) is 3.36. The number of nitriles is 1. The average molecular weight is 327 g/mol. The van der Waals surface area contributed by atoms with E-state index in [1.54, 1.807) is 18.2 Å². The molecule has 0 aromatic heterocycles. The standard InChI is InChI=1S/C16H13N3O5/c17-9-11-7-12(19(20)21)1-3-14(11)18-5-6-22-13-2-4-15-16(8-13)24-10-23-15/h1-4,7-8,18H,5-6,10H2. The molecule has 1 heterocycles. The Bertz CT molecular complexity index is 816. The Labute approximate surface area is 137 Å². The lowest BCUT2D eigenvalue weighted by atomic mass is 10.1. The molecule has 0 bridgehead atoms. The summed E-state index contributed by atoms with van der Waals surface area (Å²) < 4.78 is 16.1. The zero-order valence-electron chi connectivity index (χ0n) is 12.5. The minimum atomic E-state index is -0.534. The van der Waals surface area contributed by atoms with Crippen molar-refractivity contribution in [1.29, 1.82) is 5.26 Å². The van der Waals surface area contributed by atoms with Crippen molar-refractivity contribution in [3.8, 4) is 23.3 Å². The van der Waals surface area contributed by atoms with Crippen LogP contribution >= 0.6 is 0 Å². The lowest BCUT2D eigenvalue weighted by Gasteiger charge is -2.10. The normalized spacial score (nSPS) is 11.6. The summed E-state index contributed by atoms with van der Waals surface area (Å²) in [5, 5.41) is 22.8. The monoisotopic (exact) mass is 327 g/mol. The fourth-order valence-corrected chi connectivity index (χ4v) is 2.21. The summed E-state index contributed by atoms with van der Waals surface area (Å²) >= 11 is 0. The first kappa shape index (κ1) is 15.4. The van der Waals surface area contributed by atoms with Crippen LogP contribution in [0, 0.1) is 21.4 Å². The van der Waals surface area contributed by atoms with Gasteiger partial charge in [0.05, 0.1) is 16.2 Å². The van der Waals surface area contributed by atoms with Gasteiger partial charge in [0.2, 0.25) is 6.79 Å². The van der Waals surface area contributed by atoms with Gasteiger partial charge in [-0.25, -0.2) is 0 Å². The van der Waals surface area contributed by atoms with Crippen LogP contribution in [0.3, 0.4) is 0 Å². The molecule has 0 radical (unpaired) electrons. The van der Waals surface area contributed by atoms with Gasteiger partial charge in [0, 0.05) is 24.7 Å². The average Bonchev–Trinajstić information content (AvgIpc) is 3.06. The van der Waals surface area contributed by atoms with Gasteiger partial charge in [-0.3, -0.25) is 10.1 Å². The van der Waals surface area contributed by atoms with Crippen LogP contribution in [-0.2, 0) is 0 Å². The number of nitro groups is 1. The highest BCUT2D eigenvalue weighted by molar-refractivity contribution is 5.61. The summed E-state index contributed by atoms with van der Waals surface area (Å²) in [4.78, 5) is 10.2. The van der Waals surface area contributed by atoms with Crippen molar-refractivity contribution >= 4 is 11.4 Å². The van der Waals surface area contributed by atoms with Crippen LogP contribution in [0.25, 0.3) is 0 Å². The molecular formula is C16H13N3O5. The van der Waals surface area contributed by atoms with Crippen LogP contribution < -0.4 is 19.5 Å². The Morgan fingerprint density at radius 2 is 2.08 bits per heavy atom. The first-order valence-electron chi connectivity index (χ1n) is 7.12. The molecule has 8 nitrogen and oxygen atoms in total. The first-order valence-corrected chi connectivity index (χ1v) is 7.12. The fraction of sp³-hybridized carbons (Fsp3) is 0.188. The number of anilines is 1. The Kier molecular flexibility index (Phi) is 4.34. The van der Waals surface area contributed by atoms with E-state index in [2.05, 4.69) is 5.32 Å². The maximum atomic E-state index is 10.7.